The average molecular weight is 395 g/mol. The molecule has 0 spiro atoms. The van der Waals surface area contributed by atoms with Crippen molar-refractivity contribution in [3.63, 3.8) is 0 Å². The standard InChI is InChI=1S/C22H34N2O2.ClH/c23-12-4-5-13-25-17-10-11-20-19(15-17)22-18(9-6-14-26-22)21(24-20)16-7-2-1-3-8-16;/h10-11,15-16,18,21-22,24H,1-9,12-14,23H2;1H/t18-,21+,22-;/m0./s1. The molecule has 3 N–H and O–H groups in total. The Morgan fingerprint density at radius 3 is 2.74 bits per heavy atom. The Hall–Kier alpha value is -0.970. The maximum absolute atomic E-state index is 6.32. The van der Waals surface area contributed by atoms with E-state index in [0.717, 1.165) is 44.3 Å². The van der Waals surface area contributed by atoms with Crippen LogP contribution in [0.25, 0.3) is 0 Å². The fourth-order valence-electron chi connectivity index (χ4n) is 5.17. The molecule has 0 amide bonds. The van der Waals surface area contributed by atoms with E-state index in [2.05, 4.69) is 23.5 Å². The van der Waals surface area contributed by atoms with Gasteiger partial charge in [-0.1, -0.05) is 19.3 Å². The molecule has 27 heavy (non-hydrogen) atoms. The lowest BCUT2D eigenvalue weighted by Crippen LogP contribution is -2.46. The molecule has 4 nitrogen and oxygen atoms in total. The summed E-state index contributed by atoms with van der Waals surface area (Å²) in [5.41, 5.74) is 8.13. The molecule has 0 radical (unpaired) electrons. The van der Waals surface area contributed by atoms with Crippen molar-refractivity contribution in [2.45, 2.75) is 69.9 Å². The maximum Gasteiger partial charge on any atom is 0.119 e. The SMILES string of the molecule is Cl.NCCCCOc1ccc2c(c1)[C@H]1OCCC[C@H]1[C@@H](C1CCCCC1)N2. The molecule has 2 heterocycles. The summed E-state index contributed by atoms with van der Waals surface area (Å²) in [6.45, 7) is 2.36. The number of anilines is 1. The van der Waals surface area contributed by atoms with Crippen molar-refractivity contribution in [3.8, 4) is 5.75 Å². The maximum atomic E-state index is 6.32. The highest BCUT2D eigenvalue weighted by Crippen LogP contribution is 2.48. The van der Waals surface area contributed by atoms with Crippen molar-refractivity contribution in [2.75, 3.05) is 25.1 Å². The molecule has 1 aliphatic carbocycles. The van der Waals surface area contributed by atoms with E-state index < -0.39 is 0 Å². The number of hydrogen-bond donors (Lipinski definition) is 2. The van der Waals surface area contributed by atoms with Gasteiger partial charge in [-0.05, 0) is 69.2 Å². The molecule has 2 aliphatic heterocycles. The second-order valence-electron chi connectivity index (χ2n) is 8.26. The van der Waals surface area contributed by atoms with Crippen molar-refractivity contribution in [1.29, 1.82) is 0 Å². The Kier molecular flexibility index (Phi) is 7.68. The van der Waals surface area contributed by atoms with Gasteiger partial charge in [-0.15, -0.1) is 12.4 Å². The van der Waals surface area contributed by atoms with Crippen LogP contribution in [-0.2, 0) is 4.74 Å². The zero-order chi connectivity index (χ0) is 17.8. The van der Waals surface area contributed by atoms with Crippen LogP contribution in [0.15, 0.2) is 18.2 Å². The highest BCUT2D eigenvalue weighted by molar-refractivity contribution is 5.85. The number of halogens is 1. The molecule has 0 unspecified atom stereocenters. The van der Waals surface area contributed by atoms with Crippen molar-refractivity contribution in [3.05, 3.63) is 23.8 Å². The van der Waals surface area contributed by atoms with Gasteiger partial charge in [0, 0.05) is 29.8 Å². The Labute approximate surface area is 170 Å². The molecule has 152 valence electrons. The molecule has 1 saturated carbocycles. The summed E-state index contributed by atoms with van der Waals surface area (Å²) in [6, 6.07) is 7.10. The van der Waals surface area contributed by atoms with E-state index in [4.69, 9.17) is 15.2 Å². The summed E-state index contributed by atoms with van der Waals surface area (Å²) in [4.78, 5) is 0. The molecule has 1 aromatic carbocycles. The van der Waals surface area contributed by atoms with E-state index in [9.17, 15) is 0 Å². The number of rotatable bonds is 6. The molecular weight excluding hydrogens is 360 g/mol. The van der Waals surface area contributed by atoms with Gasteiger partial charge in [-0.3, -0.25) is 0 Å². The first-order valence-electron chi connectivity index (χ1n) is 10.7. The van der Waals surface area contributed by atoms with Gasteiger partial charge in [0.25, 0.3) is 0 Å². The third-order valence-electron chi connectivity index (χ3n) is 6.51. The number of fused-ring (bicyclic) bond motifs is 3. The first-order chi connectivity index (χ1) is 12.9. The highest BCUT2D eigenvalue weighted by atomic mass is 35.5. The third-order valence-corrected chi connectivity index (χ3v) is 6.51. The predicted octanol–water partition coefficient (Wildman–Crippen LogP) is 5.07. The smallest absolute Gasteiger partial charge is 0.119 e. The summed E-state index contributed by atoms with van der Waals surface area (Å²) in [7, 11) is 0. The summed E-state index contributed by atoms with van der Waals surface area (Å²) < 4.78 is 12.3. The minimum atomic E-state index is 0. The second kappa shape index (κ2) is 9.99. The molecule has 2 fully saturated rings. The van der Waals surface area contributed by atoms with Crippen LogP contribution in [0.3, 0.4) is 0 Å². The van der Waals surface area contributed by atoms with Gasteiger partial charge in [-0.2, -0.15) is 0 Å². The fourth-order valence-corrected chi connectivity index (χ4v) is 5.17. The van der Waals surface area contributed by atoms with Crippen molar-refractivity contribution < 1.29 is 9.47 Å². The van der Waals surface area contributed by atoms with Crippen LogP contribution in [0, 0.1) is 11.8 Å². The van der Waals surface area contributed by atoms with Crippen LogP contribution in [0.1, 0.15) is 69.5 Å². The number of nitrogens with one attached hydrogen (secondary N) is 1. The molecule has 4 rings (SSSR count). The monoisotopic (exact) mass is 394 g/mol. The zero-order valence-corrected chi connectivity index (χ0v) is 17.1. The van der Waals surface area contributed by atoms with E-state index >= 15 is 0 Å². The molecule has 5 heteroatoms. The normalized spacial score (nSPS) is 27.7. The predicted molar refractivity (Wildman–Crippen MR) is 113 cm³/mol. The molecule has 0 bridgehead atoms. The van der Waals surface area contributed by atoms with Crippen molar-refractivity contribution in [2.24, 2.45) is 17.6 Å². The quantitative estimate of drug-likeness (QED) is 0.661. The zero-order valence-electron chi connectivity index (χ0n) is 16.3. The van der Waals surface area contributed by atoms with Gasteiger partial charge in [0.2, 0.25) is 0 Å². The lowest BCUT2D eigenvalue weighted by Gasteiger charge is -2.47. The Morgan fingerprint density at radius 1 is 1.07 bits per heavy atom. The molecular formula is C22H35ClN2O2. The molecule has 1 aromatic rings. The first-order valence-corrected chi connectivity index (χ1v) is 10.7. The van der Waals surface area contributed by atoms with E-state index in [1.807, 2.05) is 0 Å². The van der Waals surface area contributed by atoms with Gasteiger partial charge in [-0.25, -0.2) is 0 Å². The van der Waals surface area contributed by atoms with Crippen LogP contribution in [0.5, 0.6) is 5.75 Å². The van der Waals surface area contributed by atoms with Gasteiger partial charge >= 0.3 is 0 Å². The van der Waals surface area contributed by atoms with Crippen LogP contribution >= 0.6 is 12.4 Å². The Balaban J connectivity index is 0.00000210. The minimum Gasteiger partial charge on any atom is -0.494 e. The van der Waals surface area contributed by atoms with Gasteiger partial charge in [0.05, 0.1) is 12.7 Å². The summed E-state index contributed by atoms with van der Waals surface area (Å²) in [5, 5.41) is 3.92. The number of nitrogens with two attached hydrogens (primary N) is 1. The third kappa shape index (κ3) is 4.72. The summed E-state index contributed by atoms with van der Waals surface area (Å²) in [6.07, 6.45) is 11.7. The minimum absolute atomic E-state index is 0. The average Bonchev–Trinajstić information content (AvgIpc) is 2.71. The van der Waals surface area contributed by atoms with E-state index in [-0.39, 0.29) is 18.5 Å². The molecule has 1 saturated heterocycles. The van der Waals surface area contributed by atoms with Crippen molar-refractivity contribution in [1.82, 2.24) is 0 Å². The van der Waals surface area contributed by atoms with E-state index in [0.29, 0.717) is 12.0 Å². The van der Waals surface area contributed by atoms with Gasteiger partial charge in [0.15, 0.2) is 0 Å². The lowest BCUT2D eigenvalue weighted by molar-refractivity contribution is -0.0459. The molecule has 3 atom stereocenters. The second-order valence-corrected chi connectivity index (χ2v) is 8.26. The Bertz CT molecular complexity index is 592. The number of unbranched alkanes of at least 4 members (excludes halogenated alkanes) is 1. The highest BCUT2D eigenvalue weighted by Gasteiger charge is 2.42. The van der Waals surface area contributed by atoms with Gasteiger partial charge in [0.1, 0.15) is 5.75 Å². The largest absolute Gasteiger partial charge is 0.494 e. The lowest BCUT2D eigenvalue weighted by atomic mass is 9.71. The van der Waals surface area contributed by atoms with Crippen LogP contribution in [0.2, 0.25) is 0 Å². The molecule has 0 aromatic heterocycles. The summed E-state index contributed by atoms with van der Waals surface area (Å²) in [5.74, 6) is 2.37. The van der Waals surface area contributed by atoms with E-state index in [1.165, 1.54) is 56.2 Å². The molecule has 3 aliphatic rings. The Morgan fingerprint density at radius 2 is 1.93 bits per heavy atom. The fraction of sp³-hybridized carbons (Fsp3) is 0.727. The van der Waals surface area contributed by atoms with Crippen LogP contribution in [0.4, 0.5) is 5.69 Å². The number of benzene rings is 1. The van der Waals surface area contributed by atoms with Crippen LogP contribution in [-0.4, -0.2) is 25.8 Å². The number of ether oxygens (including phenoxy) is 2. The van der Waals surface area contributed by atoms with Crippen LogP contribution < -0.4 is 15.8 Å². The van der Waals surface area contributed by atoms with Gasteiger partial charge < -0.3 is 20.5 Å². The topological polar surface area (TPSA) is 56.5 Å². The van der Waals surface area contributed by atoms with E-state index in [1.54, 1.807) is 0 Å². The first kappa shape index (κ1) is 20.8. The van der Waals surface area contributed by atoms with Crippen molar-refractivity contribution >= 4 is 18.1 Å². The number of hydrogen-bond acceptors (Lipinski definition) is 4. The summed E-state index contributed by atoms with van der Waals surface area (Å²) >= 11 is 0.